The second-order valence-corrected chi connectivity index (χ2v) is 4.41. The van der Waals surface area contributed by atoms with Gasteiger partial charge in [-0.2, -0.15) is 5.26 Å². The minimum Gasteiger partial charge on any atom is -0.288 e. The maximum atomic E-state index is 9.07. The van der Waals surface area contributed by atoms with Crippen LogP contribution in [0.1, 0.15) is 24.8 Å². The molecule has 0 radical (unpaired) electrons. The van der Waals surface area contributed by atoms with E-state index in [2.05, 4.69) is 35.2 Å². The highest BCUT2D eigenvalue weighted by Gasteiger charge is 2.20. The summed E-state index contributed by atoms with van der Waals surface area (Å²) in [7, 11) is 0. The average molecular weight is 214 g/mol. The highest BCUT2D eigenvalue weighted by molar-refractivity contribution is 5.15. The summed E-state index contributed by atoms with van der Waals surface area (Å²) in [6.07, 6.45) is 4.55. The highest BCUT2D eigenvalue weighted by Crippen LogP contribution is 2.16. The van der Waals surface area contributed by atoms with Crippen molar-refractivity contribution in [2.24, 2.45) is 0 Å². The maximum absolute atomic E-state index is 9.07. The Morgan fingerprint density at radius 1 is 1.25 bits per heavy atom. The zero-order valence-electron chi connectivity index (χ0n) is 9.60. The molecule has 1 aromatic rings. The SMILES string of the molecule is N#CC1CCCCN1CCc1ccccc1. The number of nitrogens with zero attached hydrogens (tertiary/aromatic N) is 2. The molecule has 1 aliphatic rings. The predicted molar refractivity (Wildman–Crippen MR) is 65.0 cm³/mol. The summed E-state index contributed by atoms with van der Waals surface area (Å²) in [6.45, 7) is 2.10. The lowest BCUT2D eigenvalue weighted by Crippen LogP contribution is -2.39. The fourth-order valence-corrected chi connectivity index (χ4v) is 2.32. The standard InChI is InChI=1S/C14H18N2/c15-12-14-8-4-5-10-16(14)11-9-13-6-2-1-3-7-13/h1-3,6-7,14H,4-5,8-11H2. The molecule has 1 aliphatic heterocycles. The number of likely N-dealkylation sites (tertiary alicyclic amines) is 1. The number of hydrogen-bond acceptors (Lipinski definition) is 2. The molecule has 0 bridgehead atoms. The molecule has 0 amide bonds. The van der Waals surface area contributed by atoms with Crippen LogP contribution in [0.3, 0.4) is 0 Å². The third kappa shape index (κ3) is 2.84. The molecule has 84 valence electrons. The lowest BCUT2D eigenvalue weighted by Gasteiger charge is -2.31. The van der Waals surface area contributed by atoms with Gasteiger partial charge in [0.2, 0.25) is 0 Å². The molecule has 2 rings (SSSR count). The lowest BCUT2D eigenvalue weighted by molar-refractivity contribution is 0.187. The molecule has 16 heavy (non-hydrogen) atoms. The molecule has 1 atom stereocenters. The van der Waals surface area contributed by atoms with E-state index >= 15 is 0 Å². The van der Waals surface area contributed by atoms with Crippen LogP contribution in [0.4, 0.5) is 0 Å². The van der Waals surface area contributed by atoms with Gasteiger partial charge in [-0.25, -0.2) is 0 Å². The molecule has 2 heteroatoms. The molecular formula is C14H18N2. The van der Waals surface area contributed by atoms with Crippen LogP contribution in [0.25, 0.3) is 0 Å². The van der Waals surface area contributed by atoms with Gasteiger partial charge < -0.3 is 0 Å². The Bertz CT molecular complexity index is 353. The summed E-state index contributed by atoms with van der Waals surface area (Å²) in [5.41, 5.74) is 1.37. The Morgan fingerprint density at radius 3 is 2.81 bits per heavy atom. The van der Waals surface area contributed by atoms with Gasteiger partial charge in [-0.1, -0.05) is 30.3 Å². The van der Waals surface area contributed by atoms with Crippen LogP contribution in [0.15, 0.2) is 30.3 Å². The van der Waals surface area contributed by atoms with Crippen molar-refractivity contribution < 1.29 is 0 Å². The first-order chi connectivity index (χ1) is 7.90. The van der Waals surface area contributed by atoms with Crippen molar-refractivity contribution in [1.29, 1.82) is 5.26 Å². The van der Waals surface area contributed by atoms with Gasteiger partial charge in [0.1, 0.15) is 0 Å². The Morgan fingerprint density at radius 2 is 2.06 bits per heavy atom. The molecule has 0 aromatic heterocycles. The van der Waals surface area contributed by atoms with E-state index in [-0.39, 0.29) is 6.04 Å². The van der Waals surface area contributed by atoms with Gasteiger partial charge in [0.25, 0.3) is 0 Å². The number of benzene rings is 1. The van der Waals surface area contributed by atoms with Gasteiger partial charge in [-0.05, 0) is 37.8 Å². The fraction of sp³-hybridized carbons (Fsp3) is 0.500. The summed E-state index contributed by atoms with van der Waals surface area (Å²) in [4.78, 5) is 2.33. The molecule has 0 saturated carbocycles. The van der Waals surface area contributed by atoms with Crippen molar-refractivity contribution in [2.75, 3.05) is 13.1 Å². The third-order valence-electron chi connectivity index (χ3n) is 3.29. The van der Waals surface area contributed by atoms with Crippen LogP contribution in [0.5, 0.6) is 0 Å². The van der Waals surface area contributed by atoms with Gasteiger partial charge in [0.15, 0.2) is 0 Å². The molecule has 1 unspecified atom stereocenters. The van der Waals surface area contributed by atoms with Gasteiger partial charge in [-0.3, -0.25) is 4.90 Å². The molecule has 1 saturated heterocycles. The zero-order valence-corrected chi connectivity index (χ0v) is 9.60. The highest BCUT2D eigenvalue weighted by atomic mass is 15.2. The minimum absolute atomic E-state index is 0.150. The van der Waals surface area contributed by atoms with Crippen molar-refractivity contribution in [3.8, 4) is 6.07 Å². The van der Waals surface area contributed by atoms with Crippen LogP contribution in [0.2, 0.25) is 0 Å². The summed E-state index contributed by atoms with van der Waals surface area (Å²) < 4.78 is 0. The second-order valence-electron chi connectivity index (χ2n) is 4.41. The molecule has 0 spiro atoms. The Labute approximate surface area is 97.5 Å². The first-order valence-corrected chi connectivity index (χ1v) is 6.08. The second kappa shape index (κ2) is 5.67. The Hall–Kier alpha value is -1.33. The monoisotopic (exact) mass is 214 g/mol. The Kier molecular flexibility index (Phi) is 3.96. The molecule has 1 fully saturated rings. The first-order valence-electron chi connectivity index (χ1n) is 6.08. The van der Waals surface area contributed by atoms with Crippen LogP contribution in [-0.4, -0.2) is 24.0 Å². The number of nitriles is 1. The van der Waals surface area contributed by atoms with Gasteiger partial charge in [0, 0.05) is 6.54 Å². The molecular weight excluding hydrogens is 196 g/mol. The Balaban J connectivity index is 1.87. The van der Waals surface area contributed by atoms with E-state index in [0.717, 1.165) is 25.9 Å². The van der Waals surface area contributed by atoms with E-state index in [1.807, 2.05) is 6.07 Å². The van der Waals surface area contributed by atoms with Crippen LogP contribution >= 0.6 is 0 Å². The average Bonchev–Trinajstić information content (AvgIpc) is 2.38. The molecule has 0 N–H and O–H groups in total. The first kappa shape index (κ1) is 11.2. The third-order valence-corrected chi connectivity index (χ3v) is 3.29. The van der Waals surface area contributed by atoms with E-state index < -0.39 is 0 Å². The van der Waals surface area contributed by atoms with Crippen molar-refractivity contribution in [3.05, 3.63) is 35.9 Å². The number of rotatable bonds is 3. The van der Waals surface area contributed by atoms with Gasteiger partial charge >= 0.3 is 0 Å². The van der Waals surface area contributed by atoms with Gasteiger partial charge in [0.05, 0.1) is 12.1 Å². The molecule has 0 aliphatic carbocycles. The van der Waals surface area contributed by atoms with E-state index in [0.29, 0.717) is 0 Å². The molecule has 1 heterocycles. The zero-order chi connectivity index (χ0) is 11.2. The number of piperidine rings is 1. The van der Waals surface area contributed by atoms with Crippen molar-refractivity contribution in [2.45, 2.75) is 31.7 Å². The molecule has 2 nitrogen and oxygen atoms in total. The van der Waals surface area contributed by atoms with E-state index in [9.17, 15) is 0 Å². The smallest absolute Gasteiger partial charge is 0.0978 e. The lowest BCUT2D eigenvalue weighted by atomic mass is 10.0. The largest absolute Gasteiger partial charge is 0.288 e. The van der Waals surface area contributed by atoms with Crippen molar-refractivity contribution >= 4 is 0 Å². The molecule has 1 aromatic carbocycles. The minimum atomic E-state index is 0.150. The maximum Gasteiger partial charge on any atom is 0.0978 e. The summed E-state index contributed by atoms with van der Waals surface area (Å²) in [5, 5.41) is 9.07. The topological polar surface area (TPSA) is 27.0 Å². The summed E-state index contributed by atoms with van der Waals surface area (Å²) in [6, 6.07) is 13.1. The van der Waals surface area contributed by atoms with Crippen molar-refractivity contribution in [3.63, 3.8) is 0 Å². The summed E-state index contributed by atoms with van der Waals surface area (Å²) in [5.74, 6) is 0. The fourth-order valence-electron chi connectivity index (χ4n) is 2.32. The summed E-state index contributed by atoms with van der Waals surface area (Å²) >= 11 is 0. The van der Waals surface area contributed by atoms with Crippen LogP contribution < -0.4 is 0 Å². The quantitative estimate of drug-likeness (QED) is 0.773. The van der Waals surface area contributed by atoms with Crippen molar-refractivity contribution in [1.82, 2.24) is 4.90 Å². The normalized spacial score (nSPS) is 21.6. The predicted octanol–water partition coefficient (Wildman–Crippen LogP) is 2.61. The number of hydrogen-bond donors (Lipinski definition) is 0. The van der Waals surface area contributed by atoms with E-state index in [4.69, 9.17) is 5.26 Å². The van der Waals surface area contributed by atoms with Crippen LogP contribution in [-0.2, 0) is 6.42 Å². The van der Waals surface area contributed by atoms with Gasteiger partial charge in [-0.15, -0.1) is 0 Å². The van der Waals surface area contributed by atoms with Crippen LogP contribution in [0, 0.1) is 11.3 Å². The van der Waals surface area contributed by atoms with E-state index in [1.165, 1.54) is 18.4 Å². The van der Waals surface area contributed by atoms with E-state index in [1.54, 1.807) is 0 Å².